The van der Waals surface area contributed by atoms with E-state index >= 15 is 0 Å². The number of phenols is 1. The van der Waals surface area contributed by atoms with Crippen molar-refractivity contribution in [1.82, 2.24) is 0 Å². The van der Waals surface area contributed by atoms with Crippen LogP contribution in [-0.4, -0.2) is 17.6 Å². The molecule has 4 heteroatoms. The monoisotopic (exact) mass is 243 g/mol. The predicted molar refractivity (Wildman–Crippen MR) is 66.8 cm³/mol. The predicted octanol–water partition coefficient (Wildman–Crippen LogP) is 2.58. The van der Waals surface area contributed by atoms with E-state index in [1.165, 1.54) is 12.5 Å². The summed E-state index contributed by atoms with van der Waals surface area (Å²) in [7, 11) is 0. The quantitative estimate of drug-likeness (QED) is 0.837. The summed E-state index contributed by atoms with van der Waals surface area (Å²) in [6, 6.07) is 7.00. The summed E-state index contributed by atoms with van der Waals surface area (Å²) in [6.45, 7) is 0.620. The summed E-state index contributed by atoms with van der Waals surface area (Å²) >= 11 is 0. The molecule has 1 amide bonds. The lowest BCUT2D eigenvalue weighted by Gasteiger charge is -2.29. The van der Waals surface area contributed by atoms with Crippen LogP contribution in [0.2, 0.25) is 0 Å². The zero-order valence-electron chi connectivity index (χ0n) is 9.80. The molecule has 18 heavy (non-hydrogen) atoms. The highest BCUT2D eigenvalue weighted by Gasteiger charge is 2.26. The van der Waals surface area contributed by atoms with Gasteiger partial charge in [0, 0.05) is 6.54 Å². The molecule has 0 spiro atoms. The van der Waals surface area contributed by atoms with E-state index in [0.717, 1.165) is 18.4 Å². The van der Waals surface area contributed by atoms with Crippen molar-refractivity contribution in [2.24, 2.45) is 0 Å². The largest absolute Gasteiger partial charge is 0.506 e. The number of hydrogen-bond acceptors (Lipinski definition) is 3. The number of amides is 1. The van der Waals surface area contributed by atoms with Gasteiger partial charge in [-0.1, -0.05) is 12.1 Å². The number of para-hydroxylation sites is 1. The van der Waals surface area contributed by atoms with Crippen LogP contribution >= 0.6 is 0 Å². The zero-order chi connectivity index (χ0) is 12.5. The first-order valence-corrected chi connectivity index (χ1v) is 5.92. The molecule has 0 fully saturated rings. The van der Waals surface area contributed by atoms with Crippen molar-refractivity contribution in [2.45, 2.75) is 12.8 Å². The molecule has 1 aliphatic heterocycles. The Labute approximate surface area is 104 Å². The number of aromatic hydroxyl groups is 1. The van der Waals surface area contributed by atoms with Crippen LogP contribution in [0.3, 0.4) is 0 Å². The molecule has 0 atom stereocenters. The van der Waals surface area contributed by atoms with Gasteiger partial charge >= 0.3 is 0 Å². The highest BCUT2D eigenvalue weighted by Crippen LogP contribution is 2.36. The van der Waals surface area contributed by atoms with E-state index in [1.807, 2.05) is 6.07 Å². The second-order valence-electron chi connectivity index (χ2n) is 4.36. The fourth-order valence-electron chi connectivity index (χ4n) is 2.38. The Kier molecular flexibility index (Phi) is 2.55. The van der Waals surface area contributed by atoms with Crippen LogP contribution in [0, 0.1) is 0 Å². The number of carbonyl (C=O) groups is 1. The van der Waals surface area contributed by atoms with Crippen LogP contribution in [0.25, 0.3) is 0 Å². The molecule has 1 N–H and O–H groups in total. The van der Waals surface area contributed by atoms with Crippen molar-refractivity contribution in [2.75, 3.05) is 11.4 Å². The van der Waals surface area contributed by atoms with Gasteiger partial charge in [0.15, 0.2) is 0 Å². The van der Waals surface area contributed by atoms with Crippen LogP contribution < -0.4 is 4.90 Å². The summed E-state index contributed by atoms with van der Waals surface area (Å²) in [5.41, 5.74) is 2.15. The molecular weight excluding hydrogens is 230 g/mol. The van der Waals surface area contributed by atoms with Crippen molar-refractivity contribution < 1.29 is 14.3 Å². The SMILES string of the molecule is O=C(c1ccoc1)N1CCCc2cccc(O)c21. The van der Waals surface area contributed by atoms with Crippen molar-refractivity contribution in [3.05, 3.63) is 47.9 Å². The Morgan fingerprint density at radius 1 is 1.33 bits per heavy atom. The van der Waals surface area contributed by atoms with E-state index in [-0.39, 0.29) is 11.7 Å². The van der Waals surface area contributed by atoms with Crippen LogP contribution in [0.5, 0.6) is 5.75 Å². The molecule has 0 bridgehead atoms. The lowest BCUT2D eigenvalue weighted by molar-refractivity contribution is 0.0983. The number of hydrogen-bond donors (Lipinski definition) is 1. The minimum Gasteiger partial charge on any atom is -0.506 e. The number of aryl methyl sites for hydroxylation is 1. The fourth-order valence-corrected chi connectivity index (χ4v) is 2.38. The number of phenolic OH excluding ortho intramolecular Hbond substituents is 1. The van der Waals surface area contributed by atoms with Gasteiger partial charge in [0.25, 0.3) is 5.91 Å². The Morgan fingerprint density at radius 3 is 3.00 bits per heavy atom. The van der Waals surface area contributed by atoms with Gasteiger partial charge in [0.1, 0.15) is 12.0 Å². The average Bonchev–Trinajstić information content (AvgIpc) is 2.91. The number of nitrogens with zero attached hydrogens (tertiary/aromatic N) is 1. The molecular formula is C14H13NO3. The summed E-state index contributed by atoms with van der Waals surface area (Å²) in [5.74, 6) is 0.0234. The number of furan rings is 1. The smallest absolute Gasteiger partial charge is 0.261 e. The maximum atomic E-state index is 12.3. The Balaban J connectivity index is 2.04. The second-order valence-corrected chi connectivity index (χ2v) is 4.36. The minimum atomic E-state index is -0.133. The molecule has 1 aromatic heterocycles. The van der Waals surface area contributed by atoms with Crippen LogP contribution in [0.1, 0.15) is 22.3 Å². The van der Waals surface area contributed by atoms with Crippen molar-refractivity contribution in [3.8, 4) is 5.75 Å². The van der Waals surface area contributed by atoms with Gasteiger partial charge in [0.05, 0.1) is 17.5 Å². The van der Waals surface area contributed by atoms with Gasteiger partial charge in [-0.05, 0) is 30.5 Å². The third-order valence-electron chi connectivity index (χ3n) is 3.21. The first kappa shape index (κ1) is 10.9. The topological polar surface area (TPSA) is 53.7 Å². The lowest BCUT2D eigenvalue weighted by Crippen LogP contribution is -2.35. The molecule has 2 aromatic rings. The Morgan fingerprint density at radius 2 is 2.22 bits per heavy atom. The van der Waals surface area contributed by atoms with Gasteiger partial charge in [0.2, 0.25) is 0 Å². The van der Waals surface area contributed by atoms with E-state index in [0.29, 0.717) is 17.8 Å². The summed E-state index contributed by atoms with van der Waals surface area (Å²) in [4.78, 5) is 14.0. The molecule has 0 saturated carbocycles. The van der Waals surface area contributed by atoms with Crippen LogP contribution in [0.4, 0.5) is 5.69 Å². The number of anilines is 1. The van der Waals surface area contributed by atoms with Crippen LogP contribution in [-0.2, 0) is 6.42 Å². The van der Waals surface area contributed by atoms with E-state index in [1.54, 1.807) is 23.1 Å². The lowest BCUT2D eigenvalue weighted by atomic mass is 10.0. The van der Waals surface area contributed by atoms with Gasteiger partial charge in [-0.2, -0.15) is 0 Å². The number of rotatable bonds is 1. The average molecular weight is 243 g/mol. The first-order valence-electron chi connectivity index (χ1n) is 5.92. The summed E-state index contributed by atoms with van der Waals surface area (Å²) < 4.78 is 4.93. The molecule has 0 unspecified atom stereocenters. The molecule has 0 saturated heterocycles. The van der Waals surface area contributed by atoms with E-state index < -0.39 is 0 Å². The molecule has 1 aromatic carbocycles. The van der Waals surface area contributed by atoms with Gasteiger partial charge in [-0.25, -0.2) is 0 Å². The first-order chi connectivity index (χ1) is 8.77. The van der Waals surface area contributed by atoms with E-state index in [4.69, 9.17) is 4.42 Å². The zero-order valence-corrected chi connectivity index (χ0v) is 9.80. The van der Waals surface area contributed by atoms with E-state index in [9.17, 15) is 9.90 Å². The van der Waals surface area contributed by atoms with Gasteiger partial charge in [-0.3, -0.25) is 4.79 Å². The molecule has 92 valence electrons. The maximum Gasteiger partial charge on any atom is 0.261 e. The number of benzene rings is 1. The number of carbonyl (C=O) groups excluding carboxylic acids is 1. The Hall–Kier alpha value is -2.23. The highest BCUT2D eigenvalue weighted by atomic mass is 16.3. The van der Waals surface area contributed by atoms with Gasteiger partial charge in [-0.15, -0.1) is 0 Å². The molecule has 4 nitrogen and oxygen atoms in total. The highest BCUT2D eigenvalue weighted by molar-refractivity contribution is 6.07. The number of fused-ring (bicyclic) bond motifs is 1. The third-order valence-corrected chi connectivity index (χ3v) is 3.21. The summed E-state index contributed by atoms with van der Waals surface area (Å²) in [5, 5.41) is 9.96. The molecule has 0 aliphatic carbocycles. The van der Waals surface area contributed by atoms with Crippen molar-refractivity contribution >= 4 is 11.6 Å². The molecule has 1 aliphatic rings. The third kappa shape index (κ3) is 1.66. The molecule has 0 radical (unpaired) electrons. The molecule has 2 heterocycles. The maximum absolute atomic E-state index is 12.3. The Bertz CT molecular complexity index is 575. The minimum absolute atomic E-state index is 0.133. The standard InChI is InChI=1S/C14H13NO3/c16-12-5-1-3-10-4-2-7-15(13(10)12)14(17)11-6-8-18-9-11/h1,3,5-6,8-9,16H,2,4,7H2. The fraction of sp³-hybridized carbons (Fsp3) is 0.214. The normalized spacial score (nSPS) is 14.3. The van der Waals surface area contributed by atoms with Gasteiger partial charge < -0.3 is 14.4 Å². The van der Waals surface area contributed by atoms with Crippen molar-refractivity contribution in [3.63, 3.8) is 0 Å². The molecule has 3 rings (SSSR count). The van der Waals surface area contributed by atoms with Crippen molar-refractivity contribution in [1.29, 1.82) is 0 Å². The summed E-state index contributed by atoms with van der Waals surface area (Å²) in [6.07, 6.45) is 4.69. The van der Waals surface area contributed by atoms with E-state index in [2.05, 4.69) is 0 Å². The second kappa shape index (κ2) is 4.22. The van der Waals surface area contributed by atoms with Crippen LogP contribution in [0.15, 0.2) is 41.2 Å².